The maximum absolute atomic E-state index is 11.9. The van der Waals surface area contributed by atoms with E-state index in [9.17, 15) is 9.59 Å². The minimum absolute atomic E-state index is 0.0163. The Kier molecular flexibility index (Phi) is 1.45. The van der Waals surface area contributed by atoms with Gasteiger partial charge in [0.15, 0.2) is 0 Å². The fourth-order valence-electron chi connectivity index (χ4n) is 3.28. The fourth-order valence-corrected chi connectivity index (χ4v) is 3.28. The molecule has 74 valence electrons. The lowest BCUT2D eigenvalue weighted by molar-refractivity contribution is -0.140. The van der Waals surface area contributed by atoms with Crippen molar-refractivity contribution in [2.24, 2.45) is 23.7 Å². The SMILES string of the molecule is CCN1C(=O)[C@@H]2[C@H](C1=O)[C@H]1C=C[C@@H]2C1. The van der Waals surface area contributed by atoms with Crippen LogP contribution in [0.15, 0.2) is 12.2 Å². The lowest BCUT2D eigenvalue weighted by Crippen LogP contribution is -2.32. The molecule has 1 heterocycles. The Morgan fingerprint density at radius 1 is 1.21 bits per heavy atom. The van der Waals surface area contributed by atoms with Crippen molar-refractivity contribution < 1.29 is 9.59 Å². The Morgan fingerprint density at radius 2 is 1.71 bits per heavy atom. The van der Waals surface area contributed by atoms with Gasteiger partial charge in [-0.15, -0.1) is 0 Å². The van der Waals surface area contributed by atoms with E-state index in [-0.39, 0.29) is 23.7 Å². The van der Waals surface area contributed by atoms with Gasteiger partial charge in [0.2, 0.25) is 11.8 Å². The van der Waals surface area contributed by atoms with Crippen LogP contribution >= 0.6 is 0 Å². The average Bonchev–Trinajstić information content (AvgIpc) is 2.80. The maximum atomic E-state index is 11.9. The fraction of sp³-hybridized carbons (Fsp3) is 0.636. The van der Waals surface area contributed by atoms with Gasteiger partial charge >= 0.3 is 0 Å². The van der Waals surface area contributed by atoms with Crippen LogP contribution in [0.2, 0.25) is 0 Å². The van der Waals surface area contributed by atoms with E-state index >= 15 is 0 Å². The Labute approximate surface area is 82.8 Å². The summed E-state index contributed by atoms with van der Waals surface area (Å²) in [6.07, 6.45) is 5.26. The summed E-state index contributed by atoms with van der Waals surface area (Å²) in [6, 6.07) is 0. The highest BCUT2D eigenvalue weighted by Crippen LogP contribution is 2.52. The van der Waals surface area contributed by atoms with Crippen molar-refractivity contribution in [3.63, 3.8) is 0 Å². The highest BCUT2D eigenvalue weighted by molar-refractivity contribution is 6.06. The molecule has 0 N–H and O–H groups in total. The van der Waals surface area contributed by atoms with E-state index in [1.54, 1.807) is 0 Å². The van der Waals surface area contributed by atoms with Crippen molar-refractivity contribution in [1.82, 2.24) is 4.90 Å². The number of hydrogen-bond acceptors (Lipinski definition) is 2. The van der Waals surface area contributed by atoms with Crippen molar-refractivity contribution >= 4 is 11.8 Å². The number of imide groups is 1. The van der Waals surface area contributed by atoms with Gasteiger partial charge in [-0.2, -0.15) is 0 Å². The highest BCUT2D eigenvalue weighted by atomic mass is 16.2. The minimum atomic E-state index is -0.0163. The Morgan fingerprint density at radius 3 is 2.14 bits per heavy atom. The van der Waals surface area contributed by atoms with Gasteiger partial charge in [-0.05, 0) is 25.2 Å². The number of likely N-dealkylation sites (tertiary alicyclic amines) is 1. The molecule has 0 aromatic heterocycles. The van der Waals surface area contributed by atoms with Crippen LogP contribution in [0, 0.1) is 23.7 Å². The van der Waals surface area contributed by atoms with E-state index in [0.29, 0.717) is 18.4 Å². The van der Waals surface area contributed by atoms with E-state index in [4.69, 9.17) is 0 Å². The zero-order valence-corrected chi connectivity index (χ0v) is 8.14. The maximum Gasteiger partial charge on any atom is 0.233 e. The molecule has 3 nitrogen and oxygen atoms in total. The second kappa shape index (κ2) is 2.47. The summed E-state index contributed by atoms with van der Waals surface area (Å²) in [5, 5.41) is 0. The first-order valence-corrected chi connectivity index (χ1v) is 5.27. The van der Waals surface area contributed by atoms with E-state index < -0.39 is 0 Å². The van der Waals surface area contributed by atoms with Gasteiger partial charge in [0.05, 0.1) is 11.8 Å². The van der Waals surface area contributed by atoms with Crippen molar-refractivity contribution in [2.45, 2.75) is 13.3 Å². The van der Waals surface area contributed by atoms with Crippen LogP contribution in [-0.2, 0) is 9.59 Å². The van der Waals surface area contributed by atoms with Crippen molar-refractivity contribution in [3.8, 4) is 0 Å². The zero-order valence-electron chi connectivity index (χ0n) is 8.14. The number of hydrogen-bond donors (Lipinski definition) is 0. The molecule has 1 aliphatic heterocycles. The van der Waals surface area contributed by atoms with Crippen LogP contribution in [0.25, 0.3) is 0 Å². The van der Waals surface area contributed by atoms with Crippen LogP contribution < -0.4 is 0 Å². The minimum Gasteiger partial charge on any atom is -0.282 e. The molecule has 0 unspecified atom stereocenters. The second-order valence-corrected chi connectivity index (χ2v) is 4.42. The molecule has 14 heavy (non-hydrogen) atoms. The Balaban J connectivity index is 2.02. The standard InChI is InChI=1S/C11H13NO2/c1-2-12-10(13)8-6-3-4-7(5-6)9(8)11(12)14/h3-4,6-9H,2,5H2,1H3/t6-,7+,8+,9-. The molecule has 1 saturated heterocycles. The first kappa shape index (κ1) is 8.21. The number of fused-ring (bicyclic) bond motifs is 5. The summed E-state index contributed by atoms with van der Waals surface area (Å²) in [6.45, 7) is 2.40. The monoisotopic (exact) mass is 191 g/mol. The summed E-state index contributed by atoms with van der Waals surface area (Å²) in [5.41, 5.74) is 0. The van der Waals surface area contributed by atoms with Crippen molar-refractivity contribution in [3.05, 3.63) is 12.2 Å². The van der Waals surface area contributed by atoms with Gasteiger partial charge in [0, 0.05) is 6.54 Å². The molecule has 2 aliphatic carbocycles. The Bertz CT molecular complexity index is 317. The van der Waals surface area contributed by atoms with Crippen molar-refractivity contribution in [2.75, 3.05) is 6.54 Å². The van der Waals surface area contributed by atoms with Crippen LogP contribution in [0.5, 0.6) is 0 Å². The lowest BCUT2D eigenvalue weighted by atomic mass is 9.85. The predicted octanol–water partition coefficient (Wildman–Crippen LogP) is 0.813. The first-order valence-electron chi connectivity index (χ1n) is 5.27. The summed E-state index contributed by atoms with van der Waals surface area (Å²) in [7, 11) is 0. The van der Waals surface area contributed by atoms with Crippen LogP contribution in [0.3, 0.4) is 0 Å². The molecule has 0 aromatic carbocycles. The molecule has 1 saturated carbocycles. The molecule has 0 radical (unpaired) electrons. The largest absolute Gasteiger partial charge is 0.282 e. The third-order valence-corrected chi connectivity index (χ3v) is 3.88. The summed E-state index contributed by atoms with van der Waals surface area (Å²) < 4.78 is 0. The Hall–Kier alpha value is -1.12. The van der Waals surface area contributed by atoms with Gasteiger partial charge < -0.3 is 0 Å². The molecule has 3 aliphatic rings. The van der Waals surface area contributed by atoms with E-state index in [1.165, 1.54) is 4.90 Å². The van der Waals surface area contributed by atoms with Gasteiger partial charge in [-0.3, -0.25) is 14.5 Å². The number of allylic oxidation sites excluding steroid dienone is 2. The van der Waals surface area contributed by atoms with Crippen LogP contribution in [0.4, 0.5) is 0 Å². The normalized spacial score (nSPS) is 43.9. The molecule has 4 atom stereocenters. The van der Waals surface area contributed by atoms with Crippen molar-refractivity contribution in [1.29, 1.82) is 0 Å². The summed E-state index contributed by atoms with van der Waals surface area (Å²) in [5.74, 6) is 0.796. The molecule has 0 aromatic rings. The second-order valence-electron chi connectivity index (χ2n) is 4.42. The van der Waals surface area contributed by atoms with E-state index in [0.717, 1.165) is 6.42 Å². The number of nitrogens with zero attached hydrogens (tertiary/aromatic N) is 1. The third-order valence-electron chi connectivity index (χ3n) is 3.88. The lowest BCUT2D eigenvalue weighted by Gasteiger charge is -2.14. The quantitative estimate of drug-likeness (QED) is 0.454. The number of carbonyl (C=O) groups is 2. The van der Waals surface area contributed by atoms with Gasteiger partial charge in [-0.25, -0.2) is 0 Å². The smallest absolute Gasteiger partial charge is 0.233 e. The summed E-state index contributed by atoms with van der Waals surface area (Å²) >= 11 is 0. The highest BCUT2D eigenvalue weighted by Gasteiger charge is 2.58. The number of carbonyl (C=O) groups excluding carboxylic acids is 2. The summed E-state index contributed by atoms with van der Waals surface area (Å²) in [4.78, 5) is 25.2. The van der Waals surface area contributed by atoms with Crippen LogP contribution in [-0.4, -0.2) is 23.3 Å². The molecule has 0 spiro atoms. The first-order chi connectivity index (χ1) is 6.74. The number of amides is 2. The third kappa shape index (κ3) is 0.740. The average molecular weight is 191 g/mol. The molecular weight excluding hydrogens is 178 g/mol. The van der Waals surface area contributed by atoms with Gasteiger partial charge in [0.25, 0.3) is 0 Å². The topological polar surface area (TPSA) is 37.4 Å². The number of rotatable bonds is 1. The molecule has 3 rings (SSSR count). The van der Waals surface area contributed by atoms with E-state index in [1.807, 2.05) is 6.92 Å². The molecule has 3 heteroatoms. The van der Waals surface area contributed by atoms with E-state index in [2.05, 4.69) is 12.2 Å². The van der Waals surface area contributed by atoms with Gasteiger partial charge in [0.1, 0.15) is 0 Å². The molecular formula is C11H13NO2. The van der Waals surface area contributed by atoms with Gasteiger partial charge in [-0.1, -0.05) is 12.2 Å². The molecule has 2 amide bonds. The molecule has 2 fully saturated rings. The molecule has 2 bridgehead atoms. The van der Waals surface area contributed by atoms with Crippen LogP contribution in [0.1, 0.15) is 13.3 Å². The zero-order chi connectivity index (χ0) is 9.87. The predicted molar refractivity (Wildman–Crippen MR) is 50.1 cm³/mol.